The minimum Gasteiger partial charge on any atom is -0.253 e. The highest BCUT2D eigenvalue weighted by atomic mass is 14.7. The summed E-state index contributed by atoms with van der Waals surface area (Å²) in [5.41, 5.74) is 5.78. The van der Waals surface area contributed by atoms with Gasteiger partial charge >= 0.3 is 0 Å². The molecule has 0 atom stereocenters. The molecule has 0 saturated heterocycles. The largest absolute Gasteiger partial charge is 0.253 e. The smallest absolute Gasteiger partial charge is 0.0662 e. The van der Waals surface area contributed by atoms with Crippen LogP contribution >= 0.6 is 0 Å². The van der Waals surface area contributed by atoms with Gasteiger partial charge in [0.2, 0.25) is 0 Å². The highest BCUT2D eigenvalue weighted by Crippen LogP contribution is 2.20. The molecule has 0 bridgehead atoms. The van der Waals surface area contributed by atoms with Crippen molar-refractivity contribution in [2.45, 2.75) is 20.8 Å². The number of nitrogens with zero attached hydrogens (tertiary/aromatic N) is 1. The van der Waals surface area contributed by atoms with Crippen molar-refractivity contribution in [3.05, 3.63) is 65.2 Å². The lowest BCUT2D eigenvalue weighted by Crippen LogP contribution is -1.93. The minimum atomic E-state index is 1.05. The molecule has 17 heavy (non-hydrogen) atoms. The van der Waals surface area contributed by atoms with Crippen LogP contribution in [0.5, 0.6) is 0 Å². The summed E-state index contributed by atoms with van der Waals surface area (Å²) >= 11 is 0. The van der Waals surface area contributed by atoms with Crippen LogP contribution in [-0.4, -0.2) is 5.71 Å². The van der Waals surface area contributed by atoms with Crippen molar-refractivity contribution in [3.8, 4) is 0 Å². The van der Waals surface area contributed by atoms with E-state index < -0.39 is 0 Å². The fourth-order valence-electron chi connectivity index (χ4n) is 1.86. The van der Waals surface area contributed by atoms with Crippen LogP contribution < -0.4 is 0 Å². The first-order valence-electron chi connectivity index (χ1n) is 5.85. The maximum atomic E-state index is 4.69. The number of aryl methyl sites for hydroxylation is 2. The second kappa shape index (κ2) is 4.96. The Kier molecular flexibility index (Phi) is 3.38. The zero-order valence-corrected chi connectivity index (χ0v) is 10.6. The van der Waals surface area contributed by atoms with Crippen LogP contribution in [0.15, 0.2) is 53.5 Å². The van der Waals surface area contributed by atoms with E-state index in [0.717, 1.165) is 11.4 Å². The molecule has 0 fully saturated rings. The van der Waals surface area contributed by atoms with Gasteiger partial charge in [-0.1, -0.05) is 48.0 Å². The van der Waals surface area contributed by atoms with Crippen molar-refractivity contribution in [2.75, 3.05) is 0 Å². The second-order valence-electron chi connectivity index (χ2n) is 4.35. The van der Waals surface area contributed by atoms with Crippen LogP contribution in [0.25, 0.3) is 0 Å². The number of hydrogen-bond donors (Lipinski definition) is 0. The molecule has 2 rings (SSSR count). The van der Waals surface area contributed by atoms with E-state index in [1.54, 1.807) is 0 Å². The average molecular weight is 223 g/mol. The molecule has 0 spiro atoms. The van der Waals surface area contributed by atoms with Gasteiger partial charge in [0.05, 0.1) is 5.69 Å². The first kappa shape index (κ1) is 11.6. The summed E-state index contributed by atoms with van der Waals surface area (Å²) in [4.78, 5) is 4.69. The summed E-state index contributed by atoms with van der Waals surface area (Å²) in [5, 5.41) is 0. The fourth-order valence-corrected chi connectivity index (χ4v) is 1.86. The first-order chi connectivity index (χ1) is 8.16. The Bertz CT molecular complexity index is 539. The summed E-state index contributed by atoms with van der Waals surface area (Å²) < 4.78 is 0. The Labute approximate surface area is 103 Å². The number of aliphatic imine (C=N–C) groups is 1. The van der Waals surface area contributed by atoms with Crippen LogP contribution in [0.1, 0.15) is 23.6 Å². The molecule has 2 aromatic rings. The van der Waals surface area contributed by atoms with Gasteiger partial charge in [0.15, 0.2) is 0 Å². The molecule has 0 aliphatic rings. The fraction of sp³-hybridized carbons (Fsp3) is 0.188. The van der Waals surface area contributed by atoms with Gasteiger partial charge in [-0.2, -0.15) is 0 Å². The molecule has 1 heteroatoms. The summed E-state index contributed by atoms with van der Waals surface area (Å²) in [6, 6.07) is 16.6. The molecule has 0 N–H and O–H groups in total. The van der Waals surface area contributed by atoms with Crippen molar-refractivity contribution in [3.63, 3.8) is 0 Å². The van der Waals surface area contributed by atoms with Crippen LogP contribution in [-0.2, 0) is 0 Å². The summed E-state index contributed by atoms with van der Waals surface area (Å²) in [5.74, 6) is 0. The molecule has 0 aromatic heterocycles. The Balaban J connectivity index is 2.36. The summed E-state index contributed by atoms with van der Waals surface area (Å²) in [6.07, 6.45) is 0. The van der Waals surface area contributed by atoms with Crippen molar-refractivity contribution >= 4 is 11.4 Å². The molecule has 0 aliphatic carbocycles. The van der Waals surface area contributed by atoms with Crippen molar-refractivity contribution in [1.82, 2.24) is 0 Å². The SMILES string of the molecule is C/C(=N\c1ccc(C)cc1C)c1ccccc1. The van der Waals surface area contributed by atoms with Crippen LogP contribution in [0.2, 0.25) is 0 Å². The van der Waals surface area contributed by atoms with E-state index >= 15 is 0 Å². The molecule has 2 aromatic carbocycles. The van der Waals surface area contributed by atoms with Gasteiger partial charge in [0, 0.05) is 5.71 Å². The molecule has 0 unspecified atom stereocenters. The average Bonchev–Trinajstić information content (AvgIpc) is 2.34. The topological polar surface area (TPSA) is 12.4 Å². The van der Waals surface area contributed by atoms with Crippen LogP contribution in [0.4, 0.5) is 5.69 Å². The van der Waals surface area contributed by atoms with Gasteiger partial charge in [-0.3, -0.25) is 4.99 Å². The zero-order chi connectivity index (χ0) is 12.3. The molecular formula is C16H17N. The van der Waals surface area contributed by atoms with Gasteiger partial charge in [0.1, 0.15) is 0 Å². The van der Waals surface area contributed by atoms with Crippen LogP contribution in [0.3, 0.4) is 0 Å². The van der Waals surface area contributed by atoms with E-state index in [1.807, 2.05) is 18.2 Å². The maximum Gasteiger partial charge on any atom is 0.0662 e. The van der Waals surface area contributed by atoms with Gasteiger partial charge in [0.25, 0.3) is 0 Å². The standard InChI is InChI=1S/C16H17N/c1-12-9-10-16(13(2)11-12)17-14(3)15-7-5-4-6-8-15/h4-11H,1-3H3/b17-14+. The van der Waals surface area contributed by atoms with E-state index in [-0.39, 0.29) is 0 Å². The van der Waals surface area contributed by atoms with Gasteiger partial charge in [-0.25, -0.2) is 0 Å². The van der Waals surface area contributed by atoms with E-state index in [2.05, 4.69) is 56.1 Å². The highest BCUT2D eigenvalue weighted by molar-refractivity contribution is 6.00. The number of rotatable bonds is 2. The van der Waals surface area contributed by atoms with E-state index in [9.17, 15) is 0 Å². The normalized spacial score (nSPS) is 11.6. The third-order valence-electron chi connectivity index (χ3n) is 2.83. The van der Waals surface area contributed by atoms with Crippen molar-refractivity contribution < 1.29 is 0 Å². The van der Waals surface area contributed by atoms with Crippen LogP contribution in [0, 0.1) is 13.8 Å². The molecule has 1 nitrogen and oxygen atoms in total. The monoisotopic (exact) mass is 223 g/mol. The Morgan fingerprint density at radius 2 is 1.65 bits per heavy atom. The maximum absolute atomic E-state index is 4.69. The van der Waals surface area contributed by atoms with E-state index in [4.69, 9.17) is 0 Å². The van der Waals surface area contributed by atoms with E-state index in [0.29, 0.717) is 0 Å². The Hall–Kier alpha value is -1.89. The second-order valence-corrected chi connectivity index (χ2v) is 4.35. The molecule has 0 radical (unpaired) electrons. The minimum absolute atomic E-state index is 1.05. The third kappa shape index (κ3) is 2.82. The number of hydrogen-bond acceptors (Lipinski definition) is 1. The highest BCUT2D eigenvalue weighted by Gasteiger charge is 1.99. The molecule has 0 heterocycles. The van der Waals surface area contributed by atoms with Gasteiger partial charge in [-0.15, -0.1) is 0 Å². The lowest BCUT2D eigenvalue weighted by atomic mass is 10.1. The Morgan fingerprint density at radius 3 is 2.29 bits per heavy atom. The van der Waals surface area contributed by atoms with Gasteiger partial charge < -0.3 is 0 Å². The third-order valence-corrected chi connectivity index (χ3v) is 2.83. The molecule has 0 aliphatic heterocycles. The quantitative estimate of drug-likeness (QED) is 0.667. The Morgan fingerprint density at radius 1 is 0.941 bits per heavy atom. The molecule has 0 saturated carbocycles. The predicted molar refractivity (Wildman–Crippen MR) is 74.2 cm³/mol. The van der Waals surface area contributed by atoms with Crippen molar-refractivity contribution in [1.29, 1.82) is 0 Å². The van der Waals surface area contributed by atoms with Gasteiger partial charge in [-0.05, 0) is 38.0 Å². The zero-order valence-electron chi connectivity index (χ0n) is 10.6. The lowest BCUT2D eigenvalue weighted by Gasteiger charge is -2.04. The lowest BCUT2D eigenvalue weighted by molar-refractivity contribution is 1.34. The summed E-state index contributed by atoms with van der Waals surface area (Å²) in [7, 11) is 0. The molecule has 0 amide bonds. The van der Waals surface area contributed by atoms with Crippen molar-refractivity contribution in [2.24, 2.45) is 4.99 Å². The molecule has 86 valence electrons. The first-order valence-corrected chi connectivity index (χ1v) is 5.85. The molecular weight excluding hydrogens is 206 g/mol. The summed E-state index contributed by atoms with van der Waals surface area (Å²) in [6.45, 7) is 6.25. The number of benzene rings is 2. The predicted octanol–water partition coefficient (Wildman–Crippen LogP) is 4.44. The van der Waals surface area contributed by atoms with E-state index in [1.165, 1.54) is 16.7 Å².